The summed E-state index contributed by atoms with van der Waals surface area (Å²) in [6.07, 6.45) is 5.30. The molecule has 1 aliphatic carbocycles. The molecule has 150 valence electrons. The van der Waals surface area contributed by atoms with Crippen LogP contribution in [0.2, 0.25) is 0 Å². The van der Waals surface area contributed by atoms with Crippen molar-refractivity contribution in [2.24, 2.45) is 5.92 Å². The summed E-state index contributed by atoms with van der Waals surface area (Å²) in [6.45, 7) is 3.50. The zero-order chi connectivity index (χ0) is 19.9. The molecule has 0 spiro atoms. The average Bonchev–Trinajstić information content (AvgIpc) is 3.27. The lowest BCUT2D eigenvalue weighted by atomic mass is 10.1. The molecule has 3 nitrogen and oxygen atoms in total. The molecular formula is C26H29NO2. The number of aryl methyl sites for hydroxylation is 1. The summed E-state index contributed by atoms with van der Waals surface area (Å²) in [7, 11) is 0. The summed E-state index contributed by atoms with van der Waals surface area (Å²) in [6, 6.07) is 24.6. The van der Waals surface area contributed by atoms with Crippen molar-refractivity contribution in [1.29, 1.82) is 0 Å². The Balaban J connectivity index is 1.35. The molecule has 0 heterocycles. The standard InChI is InChI=1S/C26H29NO2/c1-20-16-25(29-19-21-8-3-2-4-9-21)14-15-26(20)27-23-12-7-13-24(17-23)28-18-22-10-5-6-11-22/h2-4,7-9,12-17,22,27H,5-6,10-11,18-19H2,1H3. The van der Waals surface area contributed by atoms with Crippen LogP contribution in [0.5, 0.6) is 11.5 Å². The van der Waals surface area contributed by atoms with E-state index in [0.29, 0.717) is 6.61 Å². The molecular weight excluding hydrogens is 358 g/mol. The largest absolute Gasteiger partial charge is 0.493 e. The van der Waals surface area contributed by atoms with E-state index in [1.807, 2.05) is 36.4 Å². The Bertz CT molecular complexity index is 917. The van der Waals surface area contributed by atoms with Crippen LogP contribution < -0.4 is 14.8 Å². The highest BCUT2D eigenvalue weighted by Crippen LogP contribution is 2.29. The second kappa shape index (κ2) is 9.51. The molecule has 1 aliphatic rings. The number of hydrogen-bond donors (Lipinski definition) is 1. The van der Waals surface area contributed by atoms with E-state index in [0.717, 1.165) is 41.0 Å². The molecule has 0 radical (unpaired) electrons. The zero-order valence-corrected chi connectivity index (χ0v) is 17.1. The minimum atomic E-state index is 0.577. The van der Waals surface area contributed by atoms with Gasteiger partial charge in [-0.05, 0) is 67.1 Å². The van der Waals surface area contributed by atoms with Crippen LogP contribution in [0, 0.1) is 12.8 Å². The van der Waals surface area contributed by atoms with Crippen LogP contribution in [0.1, 0.15) is 36.8 Å². The van der Waals surface area contributed by atoms with E-state index in [2.05, 4.69) is 48.6 Å². The van der Waals surface area contributed by atoms with Gasteiger partial charge in [0, 0.05) is 17.4 Å². The van der Waals surface area contributed by atoms with Crippen LogP contribution in [0.4, 0.5) is 11.4 Å². The number of hydrogen-bond acceptors (Lipinski definition) is 3. The van der Waals surface area contributed by atoms with Crippen molar-refractivity contribution in [2.75, 3.05) is 11.9 Å². The fraction of sp³-hybridized carbons (Fsp3) is 0.308. The lowest BCUT2D eigenvalue weighted by molar-refractivity contribution is 0.252. The summed E-state index contributed by atoms with van der Waals surface area (Å²) in [5.41, 5.74) is 4.43. The molecule has 0 amide bonds. The lowest BCUT2D eigenvalue weighted by Crippen LogP contribution is -2.08. The number of benzene rings is 3. The Morgan fingerprint density at radius 3 is 2.41 bits per heavy atom. The molecule has 0 saturated heterocycles. The van der Waals surface area contributed by atoms with Gasteiger partial charge in [0.25, 0.3) is 0 Å². The molecule has 0 atom stereocenters. The Morgan fingerprint density at radius 2 is 1.62 bits per heavy atom. The van der Waals surface area contributed by atoms with Gasteiger partial charge >= 0.3 is 0 Å². The summed E-state index contributed by atoms with van der Waals surface area (Å²) in [5, 5.41) is 3.51. The van der Waals surface area contributed by atoms with Gasteiger partial charge in [-0.3, -0.25) is 0 Å². The summed E-state index contributed by atoms with van der Waals surface area (Å²) < 4.78 is 12.0. The van der Waals surface area contributed by atoms with E-state index in [-0.39, 0.29) is 0 Å². The highest BCUT2D eigenvalue weighted by atomic mass is 16.5. The normalized spacial score (nSPS) is 14.0. The predicted octanol–water partition coefficient (Wildman–Crippen LogP) is 6.89. The highest BCUT2D eigenvalue weighted by molar-refractivity contribution is 5.65. The third-order valence-electron chi connectivity index (χ3n) is 5.52. The molecule has 3 heteroatoms. The van der Waals surface area contributed by atoms with E-state index < -0.39 is 0 Å². The van der Waals surface area contributed by atoms with Gasteiger partial charge in [0.15, 0.2) is 0 Å². The van der Waals surface area contributed by atoms with Crippen molar-refractivity contribution in [2.45, 2.75) is 39.2 Å². The summed E-state index contributed by atoms with van der Waals surface area (Å²) in [5.74, 6) is 2.53. The van der Waals surface area contributed by atoms with Crippen molar-refractivity contribution in [3.63, 3.8) is 0 Å². The minimum Gasteiger partial charge on any atom is -0.493 e. The topological polar surface area (TPSA) is 30.5 Å². The van der Waals surface area contributed by atoms with Gasteiger partial charge in [-0.1, -0.05) is 49.2 Å². The van der Waals surface area contributed by atoms with Gasteiger partial charge in [-0.15, -0.1) is 0 Å². The number of nitrogens with one attached hydrogen (secondary N) is 1. The molecule has 3 aromatic rings. The molecule has 0 aromatic heterocycles. The molecule has 1 saturated carbocycles. The molecule has 0 bridgehead atoms. The van der Waals surface area contributed by atoms with Crippen molar-refractivity contribution in [3.05, 3.63) is 83.9 Å². The van der Waals surface area contributed by atoms with Crippen molar-refractivity contribution in [3.8, 4) is 11.5 Å². The predicted molar refractivity (Wildman–Crippen MR) is 119 cm³/mol. The second-order valence-electron chi connectivity index (χ2n) is 7.87. The first kappa shape index (κ1) is 19.4. The van der Waals surface area contributed by atoms with E-state index >= 15 is 0 Å². The zero-order valence-electron chi connectivity index (χ0n) is 17.1. The van der Waals surface area contributed by atoms with Gasteiger partial charge in [0.1, 0.15) is 18.1 Å². The fourth-order valence-corrected chi connectivity index (χ4v) is 3.82. The number of anilines is 2. The Morgan fingerprint density at radius 1 is 0.828 bits per heavy atom. The van der Waals surface area contributed by atoms with Gasteiger partial charge < -0.3 is 14.8 Å². The molecule has 0 aliphatic heterocycles. The first-order chi connectivity index (χ1) is 14.3. The van der Waals surface area contributed by atoms with E-state index in [4.69, 9.17) is 9.47 Å². The third-order valence-corrected chi connectivity index (χ3v) is 5.52. The van der Waals surface area contributed by atoms with Gasteiger partial charge in [-0.2, -0.15) is 0 Å². The Kier molecular flexibility index (Phi) is 6.35. The van der Waals surface area contributed by atoms with Crippen molar-refractivity contribution < 1.29 is 9.47 Å². The molecule has 29 heavy (non-hydrogen) atoms. The Labute approximate surface area is 173 Å². The Hall–Kier alpha value is -2.94. The number of rotatable bonds is 8. The molecule has 1 fully saturated rings. The van der Waals surface area contributed by atoms with E-state index in [1.165, 1.54) is 31.2 Å². The monoisotopic (exact) mass is 387 g/mol. The van der Waals surface area contributed by atoms with E-state index in [1.54, 1.807) is 0 Å². The summed E-state index contributed by atoms with van der Waals surface area (Å²) in [4.78, 5) is 0. The lowest BCUT2D eigenvalue weighted by Gasteiger charge is -2.14. The molecule has 1 N–H and O–H groups in total. The molecule has 0 unspecified atom stereocenters. The highest BCUT2D eigenvalue weighted by Gasteiger charge is 2.15. The minimum absolute atomic E-state index is 0.577. The molecule has 4 rings (SSSR count). The van der Waals surface area contributed by atoms with Crippen LogP contribution in [-0.2, 0) is 6.61 Å². The number of ether oxygens (including phenoxy) is 2. The van der Waals surface area contributed by atoms with Gasteiger partial charge in [-0.25, -0.2) is 0 Å². The molecule has 3 aromatic carbocycles. The quantitative estimate of drug-likeness (QED) is 0.457. The van der Waals surface area contributed by atoms with Crippen LogP contribution in [0.15, 0.2) is 72.8 Å². The van der Waals surface area contributed by atoms with Gasteiger partial charge in [0.2, 0.25) is 0 Å². The smallest absolute Gasteiger partial charge is 0.121 e. The maximum Gasteiger partial charge on any atom is 0.121 e. The SMILES string of the molecule is Cc1cc(OCc2ccccc2)ccc1Nc1cccc(OCC2CCCC2)c1. The fourth-order valence-electron chi connectivity index (χ4n) is 3.82. The van der Waals surface area contributed by atoms with Crippen LogP contribution >= 0.6 is 0 Å². The van der Waals surface area contributed by atoms with Crippen LogP contribution in [0.3, 0.4) is 0 Å². The first-order valence-electron chi connectivity index (χ1n) is 10.5. The average molecular weight is 388 g/mol. The van der Waals surface area contributed by atoms with Crippen LogP contribution in [-0.4, -0.2) is 6.61 Å². The maximum atomic E-state index is 6.03. The van der Waals surface area contributed by atoms with Crippen LogP contribution in [0.25, 0.3) is 0 Å². The maximum absolute atomic E-state index is 6.03. The summed E-state index contributed by atoms with van der Waals surface area (Å²) >= 11 is 0. The van der Waals surface area contributed by atoms with Gasteiger partial charge in [0.05, 0.1) is 6.61 Å². The third kappa shape index (κ3) is 5.54. The van der Waals surface area contributed by atoms with E-state index in [9.17, 15) is 0 Å². The second-order valence-corrected chi connectivity index (χ2v) is 7.87. The van der Waals surface area contributed by atoms with Crippen molar-refractivity contribution >= 4 is 11.4 Å². The van der Waals surface area contributed by atoms with Crippen molar-refractivity contribution in [1.82, 2.24) is 0 Å². The first-order valence-corrected chi connectivity index (χ1v) is 10.5.